The molecule has 0 aliphatic carbocycles. The molecule has 1 amide bonds. The van der Waals surface area contributed by atoms with Crippen LogP contribution in [0.25, 0.3) is 0 Å². The molecule has 0 bridgehead atoms. The molecule has 0 unspecified atom stereocenters. The fraction of sp³-hybridized carbons (Fsp3) is 0.353. The molecule has 0 spiro atoms. The number of amides is 1. The van der Waals surface area contributed by atoms with Gasteiger partial charge in [0.1, 0.15) is 11.4 Å². The Morgan fingerprint density at radius 3 is 2.50 bits per heavy atom. The Morgan fingerprint density at radius 2 is 1.83 bits per heavy atom. The van der Waals surface area contributed by atoms with Gasteiger partial charge in [0.15, 0.2) is 0 Å². The summed E-state index contributed by atoms with van der Waals surface area (Å²) in [6.07, 6.45) is 5.00. The zero-order valence-electron chi connectivity index (χ0n) is 13.3. The maximum atomic E-state index is 11.7. The predicted molar refractivity (Wildman–Crippen MR) is 93.4 cm³/mol. The van der Waals surface area contributed by atoms with E-state index in [0.29, 0.717) is 19.0 Å². The van der Waals surface area contributed by atoms with E-state index in [2.05, 4.69) is 9.97 Å². The molecule has 0 atom stereocenters. The van der Waals surface area contributed by atoms with Gasteiger partial charge in [0.2, 0.25) is 11.8 Å². The maximum absolute atomic E-state index is 11.7. The van der Waals surface area contributed by atoms with Crippen molar-refractivity contribution in [2.75, 3.05) is 19.6 Å². The zero-order valence-corrected chi connectivity index (χ0v) is 14.1. The Kier molecular flexibility index (Phi) is 6.52. The lowest BCUT2D eigenvalue weighted by atomic mass is 9.93. The van der Waals surface area contributed by atoms with Crippen molar-refractivity contribution >= 4 is 18.3 Å². The second-order valence-corrected chi connectivity index (χ2v) is 5.52. The Morgan fingerprint density at radius 1 is 1.17 bits per heavy atom. The normalized spacial score (nSPS) is 14.8. The Hall–Kier alpha value is -2.18. The minimum Gasteiger partial charge on any atom is -0.437 e. The van der Waals surface area contributed by atoms with Crippen molar-refractivity contribution in [1.82, 2.24) is 14.9 Å². The summed E-state index contributed by atoms with van der Waals surface area (Å²) < 4.78 is 5.88. The number of carbonyl (C=O) groups is 1. The SMILES string of the molecule is Cl.NCC(=O)N1CCC(c2nccnc2Oc2ccccc2)CC1. The lowest BCUT2D eigenvalue weighted by Crippen LogP contribution is -2.41. The van der Waals surface area contributed by atoms with Crippen LogP contribution in [0.2, 0.25) is 0 Å². The average Bonchev–Trinajstić information content (AvgIpc) is 2.62. The predicted octanol–water partition coefficient (Wildman–Crippen LogP) is 2.36. The third-order valence-electron chi connectivity index (χ3n) is 4.06. The Balaban J connectivity index is 0.00000208. The smallest absolute Gasteiger partial charge is 0.241 e. The number of aromatic nitrogens is 2. The van der Waals surface area contributed by atoms with Crippen LogP contribution < -0.4 is 10.5 Å². The molecule has 1 aliphatic heterocycles. The van der Waals surface area contributed by atoms with E-state index >= 15 is 0 Å². The van der Waals surface area contributed by atoms with Gasteiger partial charge in [-0.15, -0.1) is 12.4 Å². The van der Waals surface area contributed by atoms with Crippen molar-refractivity contribution in [2.24, 2.45) is 5.73 Å². The molecule has 1 aromatic heterocycles. The molecule has 1 fully saturated rings. The molecule has 2 aromatic rings. The summed E-state index contributed by atoms with van der Waals surface area (Å²) in [6, 6.07) is 9.56. The molecule has 3 rings (SSSR count). The number of likely N-dealkylation sites (tertiary alicyclic amines) is 1. The fourth-order valence-corrected chi connectivity index (χ4v) is 2.83. The molecule has 6 nitrogen and oxygen atoms in total. The summed E-state index contributed by atoms with van der Waals surface area (Å²) in [5, 5.41) is 0. The number of benzene rings is 1. The van der Waals surface area contributed by atoms with Gasteiger partial charge in [-0.1, -0.05) is 18.2 Å². The van der Waals surface area contributed by atoms with E-state index < -0.39 is 0 Å². The number of piperidine rings is 1. The molecule has 24 heavy (non-hydrogen) atoms. The van der Waals surface area contributed by atoms with Gasteiger partial charge < -0.3 is 15.4 Å². The lowest BCUT2D eigenvalue weighted by molar-refractivity contribution is -0.130. The number of nitrogens with zero attached hydrogens (tertiary/aromatic N) is 3. The molecule has 128 valence electrons. The highest BCUT2D eigenvalue weighted by Gasteiger charge is 2.26. The summed E-state index contributed by atoms with van der Waals surface area (Å²) in [6.45, 7) is 1.46. The summed E-state index contributed by atoms with van der Waals surface area (Å²) in [4.78, 5) is 22.3. The first kappa shape index (κ1) is 18.2. The standard InChI is InChI=1S/C17H20N4O2.ClH/c18-12-15(22)21-10-6-13(7-11-21)16-17(20-9-8-19-16)23-14-4-2-1-3-5-14;/h1-5,8-9,13H,6-7,10-12,18H2;1H. The number of carbonyl (C=O) groups excluding carboxylic acids is 1. The second-order valence-electron chi connectivity index (χ2n) is 5.52. The molecule has 0 saturated carbocycles. The van der Waals surface area contributed by atoms with Gasteiger partial charge in [-0.2, -0.15) is 0 Å². The molecule has 1 aromatic carbocycles. The van der Waals surface area contributed by atoms with Crippen molar-refractivity contribution in [3.8, 4) is 11.6 Å². The van der Waals surface area contributed by atoms with E-state index in [0.717, 1.165) is 24.3 Å². The third kappa shape index (κ3) is 4.21. The van der Waals surface area contributed by atoms with E-state index in [1.165, 1.54) is 0 Å². The molecule has 1 aliphatic rings. The van der Waals surface area contributed by atoms with Crippen LogP contribution in [-0.2, 0) is 4.79 Å². The summed E-state index contributed by atoms with van der Waals surface area (Å²) in [5.41, 5.74) is 6.28. The van der Waals surface area contributed by atoms with E-state index in [1.54, 1.807) is 12.4 Å². The highest BCUT2D eigenvalue weighted by atomic mass is 35.5. The van der Waals surface area contributed by atoms with Gasteiger partial charge >= 0.3 is 0 Å². The molecule has 1 saturated heterocycles. The van der Waals surface area contributed by atoms with E-state index in [-0.39, 0.29) is 30.8 Å². The molecular weight excluding hydrogens is 328 g/mol. The maximum Gasteiger partial charge on any atom is 0.241 e. The van der Waals surface area contributed by atoms with Crippen molar-refractivity contribution < 1.29 is 9.53 Å². The molecule has 2 N–H and O–H groups in total. The average molecular weight is 349 g/mol. The van der Waals surface area contributed by atoms with Crippen molar-refractivity contribution in [1.29, 1.82) is 0 Å². The summed E-state index contributed by atoms with van der Waals surface area (Å²) in [7, 11) is 0. The Labute approximate surface area is 147 Å². The van der Waals surface area contributed by atoms with E-state index in [9.17, 15) is 4.79 Å². The lowest BCUT2D eigenvalue weighted by Gasteiger charge is -2.31. The van der Waals surface area contributed by atoms with Gasteiger partial charge in [-0.25, -0.2) is 4.98 Å². The topological polar surface area (TPSA) is 81.3 Å². The van der Waals surface area contributed by atoms with Crippen LogP contribution in [-0.4, -0.2) is 40.4 Å². The molecule has 7 heteroatoms. The highest BCUT2D eigenvalue weighted by molar-refractivity contribution is 5.85. The van der Waals surface area contributed by atoms with E-state index in [1.807, 2.05) is 35.2 Å². The minimum absolute atomic E-state index is 0. The van der Waals surface area contributed by atoms with Gasteiger partial charge in [0.25, 0.3) is 0 Å². The van der Waals surface area contributed by atoms with Crippen LogP contribution in [0.3, 0.4) is 0 Å². The minimum atomic E-state index is 0. The molecule has 0 radical (unpaired) electrons. The Bertz CT molecular complexity index is 661. The number of nitrogens with two attached hydrogens (primary N) is 1. The van der Waals surface area contributed by atoms with Crippen LogP contribution in [0, 0.1) is 0 Å². The van der Waals surface area contributed by atoms with Gasteiger partial charge in [-0.3, -0.25) is 9.78 Å². The van der Waals surface area contributed by atoms with Crippen LogP contribution in [0.1, 0.15) is 24.5 Å². The summed E-state index contributed by atoms with van der Waals surface area (Å²) in [5.74, 6) is 1.53. The van der Waals surface area contributed by atoms with Crippen LogP contribution in [0.4, 0.5) is 0 Å². The first-order valence-electron chi connectivity index (χ1n) is 7.79. The number of halogens is 1. The quantitative estimate of drug-likeness (QED) is 0.917. The monoisotopic (exact) mass is 348 g/mol. The second kappa shape index (κ2) is 8.61. The number of para-hydroxylation sites is 1. The third-order valence-corrected chi connectivity index (χ3v) is 4.06. The van der Waals surface area contributed by atoms with Gasteiger partial charge in [0, 0.05) is 31.4 Å². The molecular formula is C17H21ClN4O2. The number of rotatable bonds is 4. The number of hydrogen-bond donors (Lipinski definition) is 1. The first-order chi connectivity index (χ1) is 11.3. The van der Waals surface area contributed by atoms with Crippen molar-refractivity contribution in [2.45, 2.75) is 18.8 Å². The fourth-order valence-electron chi connectivity index (χ4n) is 2.83. The van der Waals surface area contributed by atoms with Crippen LogP contribution in [0.5, 0.6) is 11.6 Å². The number of ether oxygens (including phenoxy) is 1. The van der Waals surface area contributed by atoms with Gasteiger partial charge in [0.05, 0.1) is 6.54 Å². The zero-order chi connectivity index (χ0) is 16.1. The molecule has 2 heterocycles. The summed E-state index contributed by atoms with van der Waals surface area (Å²) >= 11 is 0. The van der Waals surface area contributed by atoms with E-state index in [4.69, 9.17) is 10.5 Å². The van der Waals surface area contributed by atoms with Gasteiger partial charge in [-0.05, 0) is 25.0 Å². The first-order valence-corrected chi connectivity index (χ1v) is 7.79. The largest absolute Gasteiger partial charge is 0.437 e. The van der Waals surface area contributed by atoms with Crippen LogP contribution >= 0.6 is 12.4 Å². The number of hydrogen-bond acceptors (Lipinski definition) is 5. The van der Waals surface area contributed by atoms with Crippen LogP contribution in [0.15, 0.2) is 42.7 Å². The van der Waals surface area contributed by atoms with Crippen molar-refractivity contribution in [3.05, 3.63) is 48.4 Å². The highest BCUT2D eigenvalue weighted by Crippen LogP contribution is 2.33. The van der Waals surface area contributed by atoms with Crippen molar-refractivity contribution in [3.63, 3.8) is 0 Å².